The number of anilines is 2. The van der Waals surface area contributed by atoms with Crippen molar-refractivity contribution in [2.24, 2.45) is 0 Å². The third-order valence-corrected chi connectivity index (χ3v) is 3.42. The number of likely N-dealkylation sites (N-methyl/N-ethyl adjacent to an activating group) is 1. The van der Waals surface area contributed by atoms with Crippen LogP contribution in [-0.4, -0.2) is 61.8 Å². The van der Waals surface area contributed by atoms with Crippen molar-refractivity contribution in [3.8, 4) is 0 Å². The zero-order valence-corrected chi connectivity index (χ0v) is 11.9. The molecule has 1 aromatic rings. The van der Waals surface area contributed by atoms with Gasteiger partial charge in [0.2, 0.25) is 5.91 Å². The number of amides is 1. The van der Waals surface area contributed by atoms with E-state index in [-0.39, 0.29) is 18.0 Å². The van der Waals surface area contributed by atoms with E-state index in [1.807, 2.05) is 0 Å². The van der Waals surface area contributed by atoms with E-state index >= 15 is 0 Å². The summed E-state index contributed by atoms with van der Waals surface area (Å²) in [6, 6.07) is 4.49. The zero-order valence-electron chi connectivity index (χ0n) is 11.9. The highest BCUT2D eigenvalue weighted by Crippen LogP contribution is 2.23. The van der Waals surface area contributed by atoms with Crippen molar-refractivity contribution in [2.75, 3.05) is 50.5 Å². The molecule has 1 aromatic carbocycles. The molecule has 3 N–H and O–H groups in total. The summed E-state index contributed by atoms with van der Waals surface area (Å²) >= 11 is 0. The first kappa shape index (κ1) is 15.1. The maximum atomic E-state index is 12.2. The van der Waals surface area contributed by atoms with Gasteiger partial charge in [0.05, 0.1) is 36.7 Å². The van der Waals surface area contributed by atoms with Crippen LogP contribution in [0.3, 0.4) is 0 Å². The molecule has 1 aliphatic rings. The number of hydrogen-bond acceptors (Lipinski definition) is 5. The summed E-state index contributed by atoms with van der Waals surface area (Å²) in [5.74, 6) is -1.03. The predicted octanol–water partition coefficient (Wildman–Crippen LogP) is 0.262. The second-order valence-corrected chi connectivity index (χ2v) is 4.93. The van der Waals surface area contributed by atoms with Crippen LogP contribution in [-0.2, 0) is 9.53 Å². The van der Waals surface area contributed by atoms with E-state index in [2.05, 4.69) is 0 Å². The molecule has 1 saturated heterocycles. The lowest BCUT2D eigenvalue weighted by molar-refractivity contribution is -0.133. The molecular formula is C14H19N3O4. The molecular weight excluding hydrogens is 274 g/mol. The van der Waals surface area contributed by atoms with Crippen LogP contribution >= 0.6 is 0 Å². The molecule has 21 heavy (non-hydrogen) atoms. The number of nitrogen functional groups attached to an aromatic ring is 1. The van der Waals surface area contributed by atoms with Gasteiger partial charge in [-0.3, -0.25) is 4.79 Å². The third kappa shape index (κ3) is 3.63. The highest BCUT2D eigenvalue weighted by Gasteiger charge is 2.19. The van der Waals surface area contributed by atoms with Crippen molar-refractivity contribution >= 4 is 23.3 Å². The fourth-order valence-electron chi connectivity index (χ4n) is 2.24. The SMILES string of the molecule is CN(CC(=O)N1CCOCC1)c1ccc(C(=O)O)cc1N. The van der Waals surface area contributed by atoms with Crippen LogP contribution in [0.2, 0.25) is 0 Å². The highest BCUT2D eigenvalue weighted by atomic mass is 16.5. The van der Waals surface area contributed by atoms with Gasteiger partial charge in [-0.15, -0.1) is 0 Å². The Morgan fingerprint density at radius 3 is 2.62 bits per heavy atom. The van der Waals surface area contributed by atoms with Crippen LogP contribution in [0.5, 0.6) is 0 Å². The van der Waals surface area contributed by atoms with E-state index in [1.165, 1.54) is 12.1 Å². The Hall–Kier alpha value is -2.28. The largest absolute Gasteiger partial charge is 0.478 e. The molecule has 0 atom stereocenters. The number of carbonyl (C=O) groups excluding carboxylic acids is 1. The minimum Gasteiger partial charge on any atom is -0.478 e. The molecule has 0 saturated carbocycles. The fraction of sp³-hybridized carbons (Fsp3) is 0.429. The summed E-state index contributed by atoms with van der Waals surface area (Å²) in [7, 11) is 1.75. The number of nitrogens with zero attached hydrogens (tertiary/aromatic N) is 2. The molecule has 0 aliphatic carbocycles. The Balaban J connectivity index is 2.04. The van der Waals surface area contributed by atoms with Gasteiger partial charge in [-0.05, 0) is 18.2 Å². The average Bonchev–Trinajstić information content (AvgIpc) is 2.47. The van der Waals surface area contributed by atoms with E-state index in [1.54, 1.807) is 22.9 Å². The lowest BCUT2D eigenvalue weighted by Gasteiger charge is -2.29. The molecule has 7 heteroatoms. The molecule has 0 spiro atoms. The number of carboxylic acids is 1. The van der Waals surface area contributed by atoms with E-state index in [9.17, 15) is 9.59 Å². The lowest BCUT2D eigenvalue weighted by Crippen LogP contribution is -2.45. The number of carboxylic acid groups (broad SMARTS) is 1. The molecule has 1 aliphatic heterocycles. The van der Waals surface area contributed by atoms with Gasteiger partial charge in [-0.25, -0.2) is 4.79 Å². The second kappa shape index (κ2) is 6.45. The molecule has 0 radical (unpaired) electrons. The minimum atomic E-state index is -1.03. The quantitative estimate of drug-likeness (QED) is 0.773. The number of rotatable bonds is 4. The highest BCUT2D eigenvalue weighted by molar-refractivity contribution is 5.91. The smallest absolute Gasteiger partial charge is 0.335 e. The van der Waals surface area contributed by atoms with Crippen LogP contribution in [0, 0.1) is 0 Å². The van der Waals surface area contributed by atoms with E-state index in [0.29, 0.717) is 37.7 Å². The number of ether oxygens (including phenoxy) is 1. The summed E-state index contributed by atoms with van der Waals surface area (Å²) in [4.78, 5) is 26.5. The second-order valence-electron chi connectivity index (χ2n) is 4.93. The van der Waals surface area contributed by atoms with Gasteiger partial charge in [0, 0.05) is 20.1 Å². The fourth-order valence-corrected chi connectivity index (χ4v) is 2.24. The Bertz CT molecular complexity index is 541. The topological polar surface area (TPSA) is 96.1 Å². The number of benzene rings is 1. The van der Waals surface area contributed by atoms with Crippen LogP contribution in [0.1, 0.15) is 10.4 Å². The Morgan fingerprint density at radius 2 is 2.05 bits per heavy atom. The maximum absolute atomic E-state index is 12.2. The molecule has 1 fully saturated rings. The van der Waals surface area contributed by atoms with Gasteiger partial charge in [0.15, 0.2) is 0 Å². The number of aromatic carboxylic acids is 1. The third-order valence-electron chi connectivity index (χ3n) is 3.42. The number of morpholine rings is 1. The van der Waals surface area contributed by atoms with Gasteiger partial charge in [-0.1, -0.05) is 0 Å². The molecule has 0 bridgehead atoms. The number of nitrogens with two attached hydrogens (primary N) is 1. The van der Waals surface area contributed by atoms with Crippen LogP contribution in [0.4, 0.5) is 11.4 Å². The van der Waals surface area contributed by atoms with Crippen LogP contribution in [0.15, 0.2) is 18.2 Å². The Morgan fingerprint density at radius 1 is 1.38 bits per heavy atom. The van der Waals surface area contributed by atoms with E-state index in [0.717, 1.165) is 0 Å². The molecule has 114 valence electrons. The normalized spacial score (nSPS) is 14.8. The van der Waals surface area contributed by atoms with Crippen molar-refractivity contribution in [1.82, 2.24) is 4.90 Å². The summed E-state index contributed by atoms with van der Waals surface area (Å²) in [6.07, 6.45) is 0. The molecule has 2 rings (SSSR count). The predicted molar refractivity (Wildman–Crippen MR) is 78.5 cm³/mol. The Kier molecular flexibility index (Phi) is 4.64. The first-order chi connectivity index (χ1) is 9.99. The van der Waals surface area contributed by atoms with Gasteiger partial charge in [-0.2, -0.15) is 0 Å². The van der Waals surface area contributed by atoms with Crippen molar-refractivity contribution < 1.29 is 19.4 Å². The van der Waals surface area contributed by atoms with E-state index < -0.39 is 5.97 Å². The minimum absolute atomic E-state index is 0.00233. The summed E-state index contributed by atoms with van der Waals surface area (Å²) in [6.45, 7) is 2.51. The van der Waals surface area contributed by atoms with Gasteiger partial charge in [0.25, 0.3) is 0 Å². The standard InChI is InChI=1S/C14H19N3O4/c1-16(9-13(18)17-4-6-21-7-5-17)12-3-2-10(14(19)20)8-11(12)15/h2-3,8H,4-7,9,15H2,1H3,(H,19,20). The van der Waals surface area contributed by atoms with Crippen molar-refractivity contribution in [3.63, 3.8) is 0 Å². The molecule has 1 amide bonds. The van der Waals surface area contributed by atoms with Crippen LogP contribution < -0.4 is 10.6 Å². The molecule has 0 aromatic heterocycles. The van der Waals surface area contributed by atoms with Gasteiger partial charge < -0.3 is 25.4 Å². The average molecular weight is 293 g/mol. The summed E-state index contributed by atoms with van der Waals surface area (Å²) in [5, 5.41) is 8.91. The molecule has 0 unspecified atom stereocenters. The van der Waals surface area contributed by atoms with Crippen molar-refractivity contribution in [3.05, 3.63) is 23.8 Å². The van der Waals surface area contributed by atoms with Gasteiger partial charge in [0.1, 0.15) is 0 Å². The van der Waals surface area contributed by atoms with Crippen LogP contribution in [0.25, 0.3) is 0 Å². The first-order valence-electron chi connectivity index (χ1n) is 6.68. The number of hydrogen-bond donors (Lipinski definition) is 2. The molecule has 7 nitrogen and oxygen atoms in total. The molecule has 1 heterocycles. The summed E-state index contributed by atoms with van der Waals surface area (Å²) in [5.41, 5.74) is 6.97. The number of carbonyl (C=O) groups is 2. The first-order valence-corrected chi connectivity index (χ1v) is 6.68. The monoisotopic (exact) mass is 293 g/mol. The van der Waals surface area contributed by atoms with Gasteiger partial charge >= 0.3 is 5.97 Å². The van der Waals surface area contributed by atoms with Crippen molar-refractivity contribution in [2.45, 2.75) is 0 Å². The maximum Gasteiger partial charge on any atom is 0.335 e. The van der Waals surface area contributed by atoms with E-state index in [4.69, 9.17) is 15.6 Å². The summed E-state index contributed by atoms with van der Waals surface area (Å²) < 4.78 is 5.21. The zero-order chi connectivity index (χ0) is 15.4. The Labute approximate surface area is 122 Å². The van der Waals surface area contributed by atoms with Crippen molar-refractivity contribution in [1.29, 1.82) is 0 Å². The lowest BCUT2D eigenvalue weighted by atomic mass is 10.1.